The molecule has 0 saturated heterocycles. The Morgan fingerprint density at radius 1 is 1.36 bits per heavy atom. The van der Waals surface area contributed by atoms with E-state index in [1.165, 1.54) is 12.8 Å². The van der Waals surface area contributed by atoms with E-state index in [2.05, 4.69) is 12.2 Å². The SMILES string of the molecule is CC1(CNCCCCCC(=O)O)CC1. The van der Waals surface area contributed by atoms with Crippen LogP contribution >= 0.6 is 0 Å². The molecule has 1 aliphatic rings. The van der Waals surface area contributed by atoms with Crippen LogP contribution in [0.25, 0.3) is 0 Å². The summed E-state index contributed by atoms with van der Waals surface area (Å²) in [4.78, 5) is 10.2. The minimum atomic E-state index is -0.677. The topological polar surface area (TPSA) is 49.3 Å². The summed E-state index contributed by atoms with van der Waals surface area (Å²) < 4.78 is 0. The highest BCUT2D eigenvalue weighted by atomic mass is 16.4. The van der Waals surface area contributed by atoms with Crippen molar-refractivity contribution in [1.82, 2.24) is 5.32 Å². The zero-order valence-corrected chi connectivity index (χ0v) is 9.01. The zero-order valence-electron chi connectivity index (χ0n) is 9.01. The Morgan fingerprint density at radius 3 is 2.64 bits per heavy atom. The van der Waals surface area contributed by atoms with Gasteiger partial charge in [0, 0.05) is 13.0 Å². The second kappa shape index (κ2) is 5.35. The monoisotopic (exact) mass is 199 g/mol. The Balaban J connectivity index is 1.78. The molecule has 1 fully saturated rings. The number of unbranched alkanes of at least 4 members (excludes halogenated alkanes) is 2. The summed E-state index contributed by atoms with van der Waals surface area (Å²) in [6.07, 6.45) is 5.98. The number of nitrogens with one attached hydrogen (secondary N) is 1. The predicted octanol–water partition coefficient (Wildman–Crippen LogP) is 2.02. The van der Waals surface area contributed by atoms with Gasteiger partial charge in [-0.2, -0.15) is 0 Å². The maximum absolute atomic E-state index is 10.2. The number of hydrogen-bond donors (Lipinski definition) is 2. The highest BCUT2D eigenvalue weighted by molar-refractivity contribution is 5.66. The van der Waals surface area contributed by atoms with E-state index in [1.807, 2.05) is 0 Å². The molecule has 0 heterocycles. The lowest BCUT2D eigenvalue weighted by Crippen LogP contribution is -2.22. The standard InChI is InChI=1S/C11H21NO2/c1-11(6-7-11)9-12-8-4-2-3-5-10(13)14/h12H,2-9H2,1H3,(H,13,14). The first-order chi connectivity index (χ1) is 6.62. The normalized spacial score (nSPS) is 18.1. The van der Waals surface area contributed by atoms with Crippen LogP contribution in [0.1, 0.15) is 45.4 Å². The maximum atomic E-state index is 10.2. The molecule has 0 aromatic heterocycles. The van der Waals surface area contributed by atoms with Gasteiger partial charge in [-0.15, -0.1) is 0 Å². The lowest BCUT2D eigenvalue weighted by atomic mass is 10.1. The largest absolute Gasteiger partial charge is 0.481 e. The van der Waals surface area contributed by atoms with Crippen LogP contribution in [0.2, 0.25) is 0 Å². The summed E-state index contributed by atoms with van der Waals surface area (Å²) in [5.74, 6) is -0.677. The minimum absolute atomic E-state index is 0.317. The number of carboxylic acids is 1. The molecular weight excluding hydrogens is 178 g/mol. The smallest absolute Gasteiger partial charge is 0.303 e. The molecule has 0 aliphatic heterocycles. The molecule has 0 aromatic carbocycles. The van der Waals surface area contributed by atoms with Crippen LogP contribution in [0.15, 0.2) is 0 Å². The van der Waals surface area contributed by atoms with Gasteiger partial charge in [0.15, 0.2) is 0 Å². The van der Waals surface area contributed by atoms with Crippen LogP contribution in [0.3, 0.4) is 0 Å². The molecule has 1 saturated carbocycles. The van der Waals surface area contributed by atoms with Crippen molar-refractivity contribution in [3.8, 4) is 0 Å². The predicted molar refractivity (Wildman–Crippen MR) is 56.3 cm³/mol. The summed E-state index contributed by atoms with van der Waals surface area (Å²) in [7, 11) is 0. The van der Waals surface area contributed by atoms with E-state index in [0.29, 0.717) is 11.8 Å². The van der Waals surface area contributed by atoms with E-state index < -0.39 is 5.97 Å². The van der Waals surface area contributed by atoms with Crippen molar-refractivity contribution in [3.63, 3.8) is 0 Å². The van der Waals surface area contributed by atoms with Gasteiger partial charge in [-0.3, -0.25) is 4.79 Å². The molecule has 1 aliphatic carbocycles. The molecule has 0 bridgehead atoms. The molecule has 2 N–H and O–H groups in total. The summed E-state index contributed by atoms with van der Waals surface area (Å²) in [5, 5.41) is 11.8. The van der Waals surface area contributed by atoms with Crippen LogP contribution in [0.5, 0.6) is 0 Å². The van der Waals surface area contributed by atoms with E-state index in [1.54, 1.807) is 0 Å². The summed E-state index contributed by atoms with van der Waals surface area (Å²) in [5.41, 5.74) is 0.584. The van der Waals surface area contributed by atoms with Gasteiger partial charge in [-0.05, 0) is 37.6 Å². The fourth-order valence-corrected chi connectivity index (χ4v) is 1.48. The molecule has 0 unspecified atom stereocenters. The van der Waals surface area contributed by atoms with Gasteiger partial charge in [0.05, 0.1) is 0 Å². The van der Waals surface area contributed by atoms with Gasteiger partial charge in [-0.1, -0.05) is 13.3 Å². The van der Waals surface area contributed by atoms with Crippen molar-refractivity contribution in [2.45, 2.75) is 45.4 Å². The van der Waals surface area contributed by atoms with E-state index in [9.17, 15) is 4.79 Å². The second-order valence-electron chi connectivity index (χ2n) is 4.69. The van der Waals surface area contributed by atoms with Crippen molar-refractivity contribution >= 4 is 5.97 Å². The van der Waals surface area contributed by atoms with Gasteiger partial charge in [0.25, 0.3) is 0 Å². The number of aliphatic carboxylic acids is 1. The van der Waals surface area contributed by atoms with Crippen molar-refractivity contribution in [1.29, 1.82) is 0 Å². The second-order valence-corrected chi connectivity index (χ2v) is 4.69. The Kier molecular flexibility index (Phi) is 4.39. The molecule has 1 rings (SSSR count). The first kappa shape index (κ1) is 11.5. The fraction of sp³-hybridized carbons (Fsp3) is 0.909. The van der Waals surface area contributed by atoms with E-state index in [4.69, 9.17) is 5.11 Å². The number of rotatable bonds is 8. The average Bonchev–Trinajstić information content (AvgIpc) is 2.82. The minimum Gasteiger partial charge on any atom is -0.481 e. The molecule has 0 atom stereocenters. The Labute approximate surface area is 85.9 Å². The van der Waals surface area contributed by atoms with Gasteiger partial charge in [0.1, 0.15) is 0 Å². The first-order valence-corrected chi connectivity index (χ1v) is 5.55. The van der Waals surface area contributed by atoms with Gasteiger partial charge < -0.3 is 10.4 Å². The van der Waals surface area contributed by atoms with Crippen LogP contribution in [0, 0.1) is 5.41 Å². The molecule has 3 nitrogen and oxygen atoms in total. The summed E-state index contributed by atoms with van der Waals surface area (Å²) in [6, 6.07) is 0. The van der Waals surface area contributed by atoms with Gasteiger partial charge >= 0.3 is 5.97 Å². The Hall–Kier alpha value is -0.570. The molecule has 0 aromatic rings. The molecular formula is C11H21NO2. The van der Waals surface area contributed by atoms with Gasteiger partial charge in [-0.25, -0.2) is 0 Å². The van der Waals surface area contributed by atoms with E-state index in [-0.39, 0.29) is 0 Å². The molecule has 0 radical (unpaired) electrons. The summed E-state index contributed by atoms with van der Waals surface area (Å²) >= 11 is 0. The number of hydrogen-bond acceptors (Lipinski definition) is 2. The van der Waals surface area contributed by atoms with E-state index in [0.717, 1.165) is 32.4 Å². The van der Waals surface area contributed by atoms with Crippen molar-refractivity contribution < 1.29 is 9.90 Å². The average molecular weight is 199 g/mol. The third kappa shape index (κ3) is 5.22. The molecule has 0 spiro atoms. The zero-order chi connectivity index (χ0) is 10.4. The quantitative estimate of drug-likeness (QED) is 0.588. The van der Waals surface area contributed by atoms with Crippen LogP contribution < -0.4 is 5.32 Å². The van der Waals surface area contributed by atoms with Crippen LogP contribution in [-0.4, -0.2) is 24.2 Å². The highest BCUT2D eigenvalue weighted by Crippen LogP contribution is 2.43. The molecule has 0 amide bonds. The van der Waals surface area contributed by atoms with Crippen LogP contribution in [0.4, 0.5) is 0 Å². The van der Waals surface area contributed by atoms with E-state index >= 15 is 0 Å². The number of carbonyl (C=O) groups is 1. The maximum Gasteiger partial charge on any atom is 0.303 e. The first-order valence-electron chi connectivity index (χ1n) is 5.55. The third-order valence-corrected chi connectivity index (χ3v) is 2.90. The lowest BCUT2D eigenvalue weighted by molar-refractivity contribution is -0.137. The number of carboxylic acid groups (broad SMARTS) is 1. The van der Waals surface area contributed by atoms with Crippen LogP contribution in [-0.2, 0) is 4.79 Å². The Bertz CT molecular complexity index is 188. The van der Waals surface area contributed by atoms with Crippen molar-refractivity contribution in [2.75, 3.05) is 13.1 Å². The third-order valence-electron chi connectivity index (χ3n) is 2.90. The molecule has 14 heavy (non-hydrogen) atoms. The lowest BCUT2D eigenvalue weighted by Gasteiger charge is -2.09. The Morgan fingerprint density at radius 2 is 2.07 bits per heavy atom. The highest BCUT2D eigenvalue weighted by Gasteiger charge is 2.36. The summed E-state index contributed by atoms with van der Waals surface area (Å²) in [6.45, 7) is 4.48. The van der Waals surface area contributed by atoms with Crippen molar-refractivity contribution in [2.24, 2.45) is 5.41 Å². The van der Waals surface area contributed by atoms with Gasteiger partial charge in [0.2, 0.25) is 0 Å². The molecule has 82 valence electrons. The fourth-order valence-electron chi connectivity index (χ4n) is 1.48. The van der Waals surface area contributed by atoms with Crippen molar-refractivity contribution in [3.05, 3.63) is 0 Å². The molecule has 3 heteroatoms.